The molecule has 5 heteroatoms. The normalized spacial score (nSPS) is 23.0. The van der Waals surface area contributed by atoms with Gasteiger partial charge in [-0.1, -0.05) is 24.9 Å². The number of halogens is 1. The molecule has 1 fully saturated rings. The van der Waals surface area contributed by atoms with E-state index < -0.39 is 0 Å². The average Bonchev–Trinajstić information content (AvgIpc) is 2.76. The molecule has 18 heavy (non-hydrogen) atoms. The number of benzene rings is 1. The second-order valence-electron chi connectivity index (χ2n) is 4.85. The fourth-order valence-electron chi connectivity index (χ4n) is 2.58. The Labute approximate surface area is 111 Å². The highest BCUT2D eigenvalue weighted by Gasteiger charge is 2.25. The summed E-state index contributed by atoms with van der Waals surface area (Å²) in [6, 6.07) is 4.97. The number of nitrogens with zero attached hydrogens (tertiary/aromatic N) is 1. The van der Waals surface area contributed by atoms with Gasteiger partial charge in [0.15, 0.2) is 0 Å². The third-order valence-electron chi connectivity index (χ3n) is 3.63. The first-order valence-corrected chi connectivity index (χ1v) is 6.68. The van der Waals surface area contributed by atoms with E-state index in [0.717, 1.165) is 18.8 Å². The minimum atomic E-state index is -0.370. The van der Waals surface area contributed by atoms with Gasteiger partial charge in [-0.3, -0.25) is 10.1 Å². The molecule has 0 bridgehead atoms. The lowest BCUT2D eigenvalue weighted by Gasteiger charge is -2.14. The van der Waals surface area contributed by atoms with Gasteiger partial charge in [-0.05, 0) is 37.3 Å². The maximum atomic E-state index is 10.9. The molecule has 1 aromatic rings. The molecule has 2 unspecified atom stereocenters. The summed E-state index contributed by atoms with van der Waals surface area (Å²) in [7, 11) is 0. The summed E-state index contributed by atoms with van der Waals surface area (Å²) in [5, 5.41) is 14.7. The van der Waals surface area contributed by atoms with Crippen LogP contribution >= 0.6 is 11.6 Å². The van der Waals surface area contributed by atoms with Gasteiger partial charge in [0.2, 0.25) is 0 Å². The molecule has 1 N–H and O–H groups in total. The number of hydrogen-bond acceptors (Lipinski definition) is 3. The quantitative estimate of drug-likeness (QED) is 0.656. The Bertz CT molecular complexity index is 451. The smallest absolute Gasteiger partial charge is 0.292 e. The molecule has 1 aliphatic rings. The zero-order chi connectivity index (χ0) is 13.1. The first kappa shape index (κ1) is 13.1. The lowest BCUT2D eigenvalue weighted by molar-refractivity contribution is -0.384. The average molecular weight is 269 g/mol. The molecule has 0 radical (unpaired) electrons. The molecule has 0 saturated heterocycles. The summed E-state index contributed by atoms with van der Waals surface area (Å²) in [6.45, 7) is 2.19. The molecule has 0 amide bonds. The number of anilines is 1. The Balaban J connectivity index is 2.13. The number of nitrogens with one attached hydrogen (secondary N) is 1. The standard InChI is InChI=1S/C13H17ClN2O2/c1-2-9-3-5-11(7-9)15-12-8-10(14)4-6-13(12)16(17)18/h4,6,8-9,11,15H,2-3,5,7H2,1H3. The van der Waals surface area contributed by atoms with Crippen molar-refractivity contribution in [2.45, 2.75) is 38.6 Å². The largest absolute Gasteiger partial charge is 0.377 e. The molecule has 98 valence electrons. The third kappa shape index (κ3) is 2.93. The van der Waals surface area contributed by atoms with Crippen molar-refractivity contribution in [2.75, 3.05) is 5.32 Å². The Morgan fingerprint density at radius 1 is 1.50 bits per heavy atom. The van der Waals surface area contributed by atoms with Gasteiger partial charge in [-0.25, -0.2) is 0 Å². The zero-order valence-electron chi connectivity index (χ0n) is 10.4. The second kappa shape index (κ2) is 5.57. The van der Waals surface area contributed by atoms with Crippen molar-refractivity contribution in [1.29, 1.82) is 0 Å². The molecular weight excluding hydrogens is 252 g/mol. The Morgan fingerprint density at radius 3 is 2.89 bits per heavy atom. The fourth-order valence-corrected chi connectivity index (χ4v) is 2.75. The molecule has 2 atom stereocenters. The van der Waals surface area contributed by atoms with E-state index in [-0.39, 0.29) is 10.6 Å². The summed E-state index contributed by atoms with van der Waals surface area (Å²) in [5.74, 6) is 0.737. The van der Waals surface area contributed by atoms with Crippen molar-refractivity contribution in [1.82, 2.24) is 0 Å². The van der Waals surface area contributed by atoms with E-state index in [1.54, 1.807) is 12.1 Å². The van der Waals surface area contributed by atoms with E-state index in [4.69, 9.17) is 11.6 Å². The zero-order valence-corrected chi connectivity index (χ0v) is 11.1. The van der Waals surface area contributed by atoms with Gasteiger partial charge < -0.3 is 5.32 Å². The van der Waals surface area contributed by atoms with Crippen LogP contribution in [0.1, 0.15) is 32.6 Å². The third-order valence-corrected chi connectivity index (χ3v) is 3.87. The van der Waals surface area contributed by atoms with Crippen LogP contribution in [-0.2, 0) is 0 Å². The topological polar surface area (TPSA) is 55.2 Å². The molecule has 0 aromatic heterocycles. The predicted octanol–water partition coefficient (Wildman–Crippen LogP) is 4.24. The van der Waals surface area contributed by atoms with Crippen LogP contribution in [0.3, 0.4) is 0 Å². The van der Waals surface area contributed by atoms with Gasteiger partial charge in [0, 0.05) is 17.1 Å². The molecule has 1 aromatic carbocycles. The van der Waals surface area contributed by atoms with E-state index in [9.17, 15) is 10.1 Å². The van der Waals surface area contributed by atoms with Crippen LogP contribution in [0.5, 0.6) is 0 Å². The van der Waals surface area contributed by atoms with E-state index in [0.29, 0.717) is 16.8 Å². The van der Waals surface area contributed by atoms with E-state index >= 15 is 0 Å². The van der Waals surface area contributed by atoms with Crippen LogP contribution in [-0.4, -0.2) is 11.0 Å². The number of rotatable bonds is 4. The van der Waals surface area contributed by atoms with Crippen LogP contribution in [0.15, 0.2) is 18.2 Å². The maximum Gasteiger partial charge on any atom is 0.292 e. The van der Waals surface area contributed by atoms with Crippen molar-refractivity contribution >= 4 is 23.0 Å². The molecule has 1 aliphatic carbocycles. The molecule has 0 heterocycles. The van der Waals surface area contributed by atoms with Gasteiger partial charge in [0.05, 0.1) is 4.92 Å². The molecule has 2 rings (SSSR count). The minimum Gasteiger partial charge on any atom is -0.377 e. The number of nitro benzene ring substituents is 1. The Kier molecular flexibility index (Phi) is 4.07. The highest BCUT2D eigenvalue weighted by molar-refractivity contribution is 6.31. The lowest BCUT2D eigenvalue weighted by atomic mass is 10.1. The van der Waals surface area contributed by atoms with Crippen LogP contribution in [0.25, 0.3) is 0 Å². The van der Waals surface area contributed by atoms with Gasteiger partial charge in [-0.15, -0.1) is 0 Å². The van der Waals surface area contributed by atoms with E-state index in [2.05, 4.69) is 12.2 Å². The summed E-state index contributed by atoms with van der Waals surface area (Å²) in [6.07, 6.45) is 4.53. The summed E-state index contributed by atoms with van der Waals surface area (Å²) < 4.78 is 0. The molecule has 4 nitrogen and oxygen atoms in total. The first-order valence-electron chi connectivity index (χ1n) is 6.30. The van der Waals surface area contributed by atoms with Crippen LogP contribution in [0.2, 0.25) is 5.02 Å². The van der Waals surface area contributed by atoms with Gasteiger partial charge in [0.25, 0.3) is 5.69 Å². The van der Waals surface area contributed by atoms with E-state index in [1.165, 1.54) is 18.9 Å². The van der Waals surface area contributed by atoms with Crippen molar-refractivity contribution in [3.63, 3.8) is 0 Å². The molecule has 1 saturated carbocycles. The second-order valence-corrected chi connectivity index (χ2v) is 5.28. The number of nitro groups is 1. The van der Waals surface area contributed by atoms with Gasteiger partial charge in [-0.2, -0.15) is 0 Å². The SMILES string of the molecule is CCC1CCC(Nc2cc(Cl)ccc2[N+](=O)[O-])C1. The predicted molar refractivity (Wildman–Crippen MR) is 73.1 cm³/mol. The van der Waals surface area contributed by atoms with Crippen molar-refractivity contribution in [2.24, 2.45) is 5.92 Å². The molecular formula is C13H17ClN2O2. The maximum absolute atomic E-state index is 10.9. The van der Waals surface area contributed by atoms with Gasteiger partial charge in [0.1, 0.15) is 5.69 Å². The molecule has 0 spiro atoms. The first-order chi connectivity index (χ1) is 8.60. The van der Waals surface area contributed by atoms with E-state index in [1.807, 2.05) is 0 Å². The Morgan fingerprint density at radius 2 is 2.28 bits per heavy atom. The van der Waals surface area contributed by atoms with Crippen LogP contribution < -0.4 is 5.32 Å². The van der Waals surface area contributed by atoms with Crippen molar-refractivity contribution in [3.05, 3.63) is 33.3 Å². The summed E-state index contributed by atoms with van der Waals surface area (Å²) in [4.78, 5) is 10.6. The van der Waals surface area contributed by atoms with Gasteiger partial charge >= 0.3 is 0 Å². The monoisotopic (exact) mass is 268 g/mol. The van der Waals surface area contributed by atoms with Crippen molar-refractivity contribution in [3.8, 4) is 0 Å². The van der Waals surface area contributed by atoms with Crippen LogP contribution in [0.4, 0.5) is 11.4 Å². The highest BCUT2D eigenvalue weighted by atomic mass is 35.5. The van der Waals surface area contributed by atoms with Crippen molar-refractivity contribution < 1.29 is 4.92 Å². The summed E-state index contributed by atoms with van der Waals surface area (Å²) >= 11 is 5.90. The number of hydrogen-bond donors (Lipinski definition) is 1. The Hall–Kier alpha value is -1.29. The molecule has 0 aliphatic heterocycles. The summed E-state index contributed by atoms with van der Waals surface area (Å²) in [5.41, 5.74) is 0.633. The fraction of sp³-hybridized carbons (Fsp3) is 0.538. The lowest BCUT2D eigenvalue weighted by Crippen LogP contribution is -2.16. The minimum absolute atomic E-state index is 0.0966. The highest BCUT2D eigenvalue weighted by Crippen LogP contribution is 2.34. The van der Waals surface area contributed by atoms with Crippen LogP contribution in [0, 0.1) is 16.0 Å².